The van der Waals surface area contributed by atoms with Crippen LogP contribution >= 0.6 is 24.8 Å². The van der Waals surface area contributed by atoms with E-state index in [0.29, 0.717) is 5.41 Å². The molecule has 0 radical (unpaired) electrons. The first-order valence-corrected chi connectivity index (χ1v) is 15.4. The fraction of sp³-hybridized carbons (Fsp3) is 0.395. The molecule has 2 aliphatic carbocycles. The van der Waals surface area contributed by atoms with Crippen LogP contribution in [0.2, 0.25) is 0 Å². The predicted molar refractivity (Wildman–Crippen MR) is 182 cm³/mol. The van der Waals surface area contributed by atoms with Crippen LogP contribution in [0.15, 0.2) is 78.4 Å². The zero-order valence-corrected chi connectivity index (χ0v) is 30.7. The molecule has 41 heavy (non-hydrogen) atoms. The minimum absolute atomic E-state index is 0. The molecule has 0 aromatic heterocycles. The largest absolute Gasteiger partial charge is 0.147 e. The van der Waals surface area contributed by atoms with Crippen molar-refractivity contribution in [3.05, 3.63) is 118 Å². The Balaban J connectivity index is 0.000000351. The standard InChI is InChI=1S/C21H25.C9H13.C8H8.2ClH.Zr/c1-20(2,3)16-9-7-14-11-15-8-10-17(21(4,5)6)13-19(15)18(14)12-16;1-9(2,3)8-6-4-5-7-8;1-2-8-6-4-3-5-7-8;;;/h7,9-10,12-13H,11H2,1-6H3;6-7H,4H2,1-3H3;3-7H,1H3;2*1H;/q2*-1;;;;+2. The van der Waals surface area contributed by atoms with Gasteiger partial charge in [0.1, 0.15) is 0 Å². The Morgan fingerprint density at radius 1 is 0.732 bits per heavy atom. The van der Waals surface area contributed by atoms with E-state index < -0.39 is 0 Å². The zero-order valence-electron chi connectivity index (χ0n) is 26.7. The van der Waals surface area contributed by atoms with Crippen molar-refractivity contribution in [3.63, 3.8) is 0 Å². The molecule has 3 heteroatoms. The van der Waals surface area contributed by atoms with Gasteiger partial charge in [-0.15, -0.1) is 36.8 Å². The van der Waals surface area contributed by atoms with Crippen LogP contribution < -0.4 is 0 Å². The number of hydrogen-bond acceptors (Lipinski definition) is 0. The van der Waals surface area contributed by atoms with E-state index in [-0.39, 0.29) is 35.6 Å². The Kier molecular flexibility index (Phi) is 14.0. The zero-order chi connectivity index (χ0) is 29.0. The van der Waals surface area contributed by atoms with Gasteiger partial charge in [-0.2, -0.15) is 41.0 Å². The number of benzene rings is 3. The van der Waals surface area contributed by atoms with Crippen molar-refractivity contribution in [2.24, 2.45) is 5.41 Å². The first kappa shape index (κ1) is 37.5. The Morgan fingerprint density at radius 3 is 1.76 bits per heavy atom. The van der Waals surface area contributed by atoms with Crippen molar-refractivity contribution in [2.75, 3.05) is 0 Å². The summed E-state index contributed by atoms with van der Waals surface area (Å²) < 4.78 is 1.46. The van der Waals surface area contributed by atoms with Crippen LogP contribution in [-0.2, 0) is 41.5 Å². The molecule has 0 spiro atoms. The van der Waals surface area contributed by atoms with Crippen molar-refractivity contribution in [1.82, 2.24) is 0 Å². The molecule has 0 saturated carbocycles. The molecule has 3 aromatic rings. The summed E-state index contributed by atoms with van der Waals surface area (Å²) in [6.07, 6.45) is 9.53. The molecular formula is C38H48Cl2Zr. The van der Waals surface area contributed by atoms with Gasteiger partial charge in [0.15, 0.2) is 0 Å². The summed E-state index contributed by atoms with van der Waals surface area (Å²) in [5.41, 5.74) is 11.9. The van der Waals surface area contributed by atoms with Gasteiger partial charge >= 0.3 is 70.3 Å². The topological polar surface area (TPSA) is 0 Å². The summed E-state index contributed by atoms with van der Waals surface area (Å²) >= 11 is 1.51. The third-order valence-corrected chi connectivity index (χ3v) is 8.01. The van der Waals surface area contributed by atoms with Crippen LogP contribution in [0.4, 0.5) is 0 Å². The van der Waals surface area contributed by atoms with Gasteiger partial charge in [-0.05, 0) is 17.4 Å². The van der Waals surface area contributed by atoms with E-state index in [4.69, 9.17) is 0 Å². The quantitative estimate of drug-likeness (QED) is 0.177. The van der Waals surface area contributed by atoms with Gasteiger partial charge in [0.05, 0.1) is 0 Å². The van der Waals surface area contributed by atoms with E-state index in [1.54, 1.807) is 0 Å². The summed E-state index contributed by atoms with van der Waals surface area (Å²) in [6.45, 7) is 22.5. The van der Waals surface area contributed by atoms with Crippen LogP contribution in [0.3, 0.4) is 0 Å². The number of halogens is 2. The second kappa shape index (κ2) is 15.3. The first-order valence-electron chi connectivity index (χ1n) is 14.1. The normalized spacial score (nSPS) is 13.2. The molecule has 0 nitrogen and oxygen atoms in total. The van der Waals surface area contributed by atoms with Crippen LogP contribution in [0.1, 0.15) is 103 Å². The van der Waals surface area contributed by atoms with Crippen LogP contribution in [0.25, 0.3) is 11.1 Å². The molecule has 0 unspecified atom stereocenters. The summed E-state index contributed by atoms with van der Waals surface area (Å²) in [7, 11) is 0. The van der Waals surface area contributed by atoms with Gasteiger partial charge in [-0.25, -0.2) is 6.08 Å². The van der Waals surface area contributed by atoms with Gasteiger partial charge in [0, 0.05) is 0 Å². The van der Waals surface area contributed by atoms with Crippen molar-refractivity contribution >= 4 is 28.0 Å². The van der Waals surface area contributed by atoms with Crippen LogP contribution in [-0.4, -0.2) is 3.21 Å². The molecule has 0 bridgehead atoms. The summed E-state index contributed by atoms with van der Waals surface area (Å²) in [6, 6.07) is 25.5. The van der Waals surface area contributed by atoms with E-state index in [1.807, 2.05) is 6.07 Å². The SMILES string of the molecule is CC(C)(C)C1=CC[C-]=C1.CC(C)(C)c1c[c-]c2c(c1)-c1cc(C(C)(C)C)ccc1C2.C[C](=[Zr+2])c1ccccc1.Cl.Cl. The van der Waals surface area contributed by atoms with E-state index in [9.17, 15) is 0 Å². The summed E-state index contributed by atoms with van der Waals surface area (Å²) in [5, 5.41) is 0. The Morgan fingerprint density at radius 2 is 1.32 bits per heavy atom. The van der Waals surface area contributed by atoms with Gasteiger partial charge in [-0.3, -0.25) is 6.08 Å². The predicted octanol–water partition coefficient (Wildman–Crippen LogP) is 11.0. The Bertz CT molecular complexity index is 1300. The van der Waals surface area contributed by atoms with Gasteiger partial charge in [0.25, 0.3) is 0 Å². The van der Waals surface area contributed by atoms with Gasteiger partial charge in [0.2, 0.25) is 0 Å². The third kappa shape index (κ3) is 10.6. The molecule has 0 amide bonds. The number of rotatable bonds is 1. The van der Waals surface area contributed by atoms with Crippen molar-refractivity contribution < 1.29 is 24.2 Å². The maximum atomic E-state index is 3.53. The average molecular weight is 667 g/mol. The summed E-state index contributed by atoms with van der Waals surface area (Å²) in [4.78, 5) is 0. The van der Waals surface area contributed by atoms with Gasteiger partial charge in [-0.1, -0.05) is 102 Å². The van der Waals surface area contributed by atoms with Crippen molar-refractivity contribution in [1.29, 1.82) is 0 Å². The fourth-order valence-corrected chi connectivity index (χ4v) is 5.00. The molecule has 2 aliphatic rings. The molecule has 0 aliphatic heterocycles. The van der Waals surface area contributed by atoms with Crippen molar-refractivity contribution in [3.8, 4) is 11.1 Å². The minimum Gasteiger partial charge on any atom is -0.147 e. The number of fused-ring (bicyclic) bond motifs is 3. The Hall–Kier alpha value is -1.53. The molecule has 218 valence electrons. The number of hydrogen-bond donors (Lipinski definition) is 0. The summed E-state index contributed by atoms with van der Waals surface area (Å²) in [5.74, 6) is 0. The van der Waals surface area contributed by atoms with E-state index in [0.717, 1.165) is 12.8 Å². The first-order chi connectivity index (χ1) is 18.1. The second-order valence-corrected chi connectivity index (χ2v) is 15.6. The fourth-order valence-electron chi connectivity index (χ4n) is 4.59. The van der Waals surface area contributed by atoms with Crippen LogP contribution in [0, 0.1) is 17.6 Å². The third-order valence-electron chi connectivity index (χ3n) is 7.30. The minimum atomic E-state index is 0. The molecular weight excluding hydrogens is 619 g/mol. The molecule has 0 heterocycles. The van der Waals surface area contributed by atoms with E-state index >= 15 is 0 Å². The molecule has 0 N–H and O–H groups in total. The van der Waals surface area contributed by atoms with Gasteiger partial charge < -0.3 is 0 Å². The van der Waals surface area contributed by atoms with Crippen molar-refractivity contribution in [2.45, 2.75) is 92.9 Å². The number of allylic oxidation sites excluding steroid dienone is 4. The molecule has 5 rings (SSSR count). The molecule has 3 aromatic carbocycles. The van der Waals surface area contributed by atoms with E-state index in [1.165, 1.54) is 72.0 Å². The molecule has 0 fully saturated rings. The maximum absolute atomic E-state index is 3.53. The Labute approximate surface area is 278 Å². The van der Waals surface area contributed by atoms with E-state index in [2.05, 4.69) is 148 Å². The van der Waals surface area contributed by atoms with Crippen LogP contribution in [0.5, 0.6) is 0 Å². The molecule has 0 saturated heterocycles. The average Bonchev–Trinajstić information content (AvgIpc) is 3.52. The smallest absolute Gasteiger partial charge is 0.147 e. The molecule has 0 atom stereocenters. The monoisotopic (exact) mass is 664 g/mol. The maximum Gasteiger partial charge on any atom is -0.147 e. The second-order valence-electron chi connectivity index (χ2n) is 13.8.